The molecule has 35 heavy (non-hydrogen) atoms. The number of hydrogen-bond donors (Lipinski definition) is 1. The number of likely N-dealkylation sites (tertiary alicyclic amines) is 1. The number of nitrogens with zero attached hydrogens (tertiary/aromatic N) is 4. The number of carboxylic acids is 1. The Hall–Kier alpha value is -3.70. The second-order valence-corrected chi connectivity index (χ2v) is 8.47. The Morgan fingerprint density at radius 1 is 1.11 bits per heavy atom. The lowest BCUT2D eigenvalue weighted by Gasteiger charge is -2.36. The molecule has 0 aliphatic carbocycles. The molecule has 1 aliphatic heterocycles. The average Bonchev–Trinajstić information content (AvgIpc) is 3.43. The first-order valence-corrected chi connectivity index (χ1v) is 10.8. The predicted octanol–water partition coefficient (Wildman–Crippen LogP) is 5.25. The molecule has 0 saturated carbocycles. The summed E-state index contributed by atoms with van der Waals surface area (Å²) in [5.74, 6) is -2.38. The molecule has 1 saturated heterocycles. The van der Waals surface area contributed by atoms with Crippen LogP contribution in [0.3, 0.4) is 0 Å². The monoisotopic (exact) mass is 504 g/mol. The van der Waals surface area contributed by atoms with Gasteiger partial charge in [-0.25, -0.2) is 0 Å². The average molecular weight is 505 g/mol. The third kappa shape index (κ3) is 4.52. The molecule has 3 heterocycles. The van der Waals surface area contributed by atoms with Crippen LogP contribution in [0.5, 0.6) is 0 Å². The lowest BCUT2D eigenvalue weighted by Crippen LogP contribution is -2.49. The first kappa shape index (κ1) is 23.1. The van der Waals surface area contributed by atoms with Gasteiger partial charge in [0.1, 0.15) is 11.3 Å². The molecule has 12 heteroatoms. The van der Waals surface area contributed by atoms with E-state index in [0.29, 0.717) is 25.2 Å². The number of aromatic nitrogens is 3. The molecule has 1 aliphatic rings. The largest absolute Gasteiger partial charge is 0.481 e. The van der Waals surface area contributed by atoms with Crippen LogP contribution in [-0.2, 0) is 17.5 Å². The first-order chi connectivity index (χ1) is 16.7. The number of aliphatic carboxylic acids is 1. The highest BCUT2D eigenvalue weighted by Gasteiger charge is 2.43. The van der Waals surface area contributed by atoms with E-state index >= 15 is 0 Å². The fraction of sp³-hybridized carbons (Fsp3) is 0.217. The van der Waals surface area contributed by atoms with E-state index in [-0.39, 0.29) is 28.0 Å². The predicted molar refractivity (Wildman–Crippen MR) is 117 cm³/mol. The van der Waals surface area contributed by atoms with Crippen molar-refractivity contribution in [2.24, 2.45) is 5.92 Å². The van der Waals surface area contributed by atoms with Gasteiger partial charge in [0.2, 0.25) is 11.6 Å². The summed E-state index contributed by atoms with van der Waals surface area (Å²) in [4.78, 5) is 17.0. The van der Waals surface area contributed by atoms with Gasteiger partial charge < -0.3 is 14.2 Å². The van der Waals surface area contributed by atoms with Crippen molar-refractivity contribution < 1.29 is 32.1 Å². The van der Waals surface area contributed by atoms with Crippen LogP contribution in [0.1, 0.15) is 11.1 Å². The van der Waals surface area contributed by atoms with E-state index in [1.165, 1.54) is 12.1 Å². The fourth-order valence-electron chi connectivity index (χ4n) is 3.87. The molecule has 180 valence electrons. The zero-order valence-corrected chi connectivity index (χ0v) is 18.5. The van der Waals surface area contributed by atoms with Gasteiger partial charge in [0.05, 0.1) is 10.9 Å². The minimum absolute atomic E-state index is 0.0165. The van der Waals surface area contributed by atoms with Crippen LogP contribution in [-0.4, -0.2) is 44.4 Å². The van der Waals surface area contributed by atoms with Crippen molar-refractivity contribution >= 4 is 17.6 Å². The number of carbonyl (C=O) groups is 1. The zero-order valence-electron chi connectivity index (χ0n) is 17.8. The maximum Gasteiger partial charge on any atom is 0.422 e. The highest BCUT2D eigenvalue weighted by atomic mass is 35.5. The van der Waals surface area contributed by atoms with Gasteiger partial charge in [-0.15, -0.1) is 0 Å². The molecule has 8 nitrogen and oxygen atoms in total. The van der Waals surface area contributed by atoms with Gasteiger partial charge in [-0.1, -0.05) is 58.3 Å². The lowest BCUT2D eigenvalue weighted by atomic mass is 9.99. The molecule has 0 spiro atoms. The molecule has 0 atom stereocenters. The van der Waals surface area contributed by atoms with Gasteiger partial charge in [-0.3, -0.25) is 9.69 Å². The second kappa shape index (κ2) is 8.82. The van der Waals surface area contributed by atoms with E-state index in [1.54, 1.807) is 36.4 Å². The molecule has 0 amide bonds. The van der Waals surface area contributed by atoms with Crippen LogP contribution >= 0.6 is 11.6 Å². The van der Waals surface area contributed by atoms with Crippen LogP contribution in [0.4, 0.5) is 13.2 Å². The maximum absolute atomic E-state index is 13.9. The SMILES string of the molecule is O=C(O)C1CN(Cc2ccc(-c3noc(-c4onc(-c5ccccc5)c4C(F)(F)F)n3)c(Cl)c2)C1. The molecular weight excluding hydrogens is 489 g/mol. The molecule has 1 fully saturated rings. The third-order valence-corrected chi connectivity index (χ3v) is 5.94. The summed E-state index contributed by atoms with van der Waals surface area (Å²) in [5.41, 5.74) is -0.0757. The topological polar surface area (TPSA) is 105 Å². The Balaban J connectivity index is 1.41. The number of benzene rings is 2. The molecule has 2 aromatic heterocycles. The summed E-state index contributed by atoms with van der Waals surface area (Å²) in [6.07, 6.45) is -4.79. The summed E-state index contributed by atoms with van der Waals surface area (Å²) >= 11 is 6.38. The number of carboxylic acid groups (broad SMARTS) is 1. The minimum Gasteiger partial charge on any atom is -0.481 e. The molecule has 5 rings (SSSR count). The minimum atomic E-state index is -4.79. The van der Waals surface area contributed by atoms with E-state index in [4.69, 9.17) is 25.8 Å². The van der Waals surface area contributed by atoms with Crippen LogP contribution in [0.2, 0.25) is 5.02 Å². The van der Waals surface area contributed by atoms with E-state index in [1.807, 2.05) is 4.90 Å². The molecule has 1 N–H and O–H groups in total. The Kier molecular flexibility index (Phi) is 5.81. The van der Waals surface area contributed by atoms with Crippen molar-refractivity contribution in [3.63, 3.8) is 0 Å². The smallest absolute Gasteiger partial charge is 0.422 e. The van der Waals surface area contributed by atoms with Gasteiger partial charge >= 0.3 is 12.1 Å². The Morgan fingerprint density at radius 3 is 2.51 bits per heavy atom. The molecule has 0 radical (unpaired) electrons. The number of hydrogen-bond acceptors (Lipinski definition) is 7. The summed E-state index contributed by atoms with van der Waals surface area (Å²) < 4.78 is 51.8. The van der Waals surface area contributed by atoms with Crippen molar-refractivity contribution in [3.05, 3.63) is 64.7 Å². The quantitative estimate of drug-likeness (QED) is 0.380. The molecule has 0 bridgehead atoms. The fourth-order valence-corrected chi connectivity index (χ4v) is 4.16. The highest BCUT2D eigenvalue weighted by molar-refractivity contribution is 6.33. The summed E-state index contributed by atoms with van der Waals surface area (Å²) in [5, 5.41) is 16.6. The molecule has 0 unspecified atom stereocenters. The van der Waals surface area contributed by atoms with Crippen LogP contribution < -0.4 is 0 Å². The Labute approximate surface area is 200 Å². The van der Waals surface area contributed by atoms with E-state index in [2.05, 4.69) is 15.3 Å². The standard InChI is InChI=1S/C23H16ClF3N4O4/c24-16-8-12(9-31-10-14(11-31)22(32)33)6-7-15(16)20-28-21(35-30-20)19-17(23(25,26)27)18(29-34-19)13-4-2-1-3-5-13/h1-8,14H,9-11H2,(H,32,33). The second-order valence-electron chi connectivity index (χ2n) is 8.07. The molecular formula is C23H16ClF3N4O4. The lowest BCUT2D eigenvalue weighted by molar-refractivity contribution is -0.147. The third-order valence-electron chi connectivity index (χ3n) is 5.63. The molecule has 2 aromatic carbocycles. The normalized spacial score (nSPS) is 14.7. The van der Waals surface area contributed by atoms with Crippen molar-refractivity contribution in [1.82, 2.24) is 20.2 Å². The van der Waals surface area contributed by atoms with Gasteiger partial charge in [-0.2, -0.15) is 18.2 Å². The van der Waals surface area contributed by atoms with Crippen LogP contribution in [0.25, 0.3) is 34.3 Å². The van der Waals surface area contributed by atoms with Crippen molar-refractivity contribution in [1.29, 1.82) is 0 Å². The summed E-state index contributed by atoms with van der Waals surface area (Å²) in [6, 6.07) is 12.9. The van der Waals surface area contributed by atoms with Crippen LogP contribution in [0.15, 0.2) is 57.6 Å². The van der Waals surface area contributed by atoms with E-state index < -0.39 is 29.4 Å². The zero-order chi connectivity index (χ0) is 24.7. The first-order valence-electron chi connectivity index (χ1n) is 10.4. The van der Waals surface area contributed by atoms with Gasteiger partial charge in [0, 0.05) is 30.8 Å². The molecule has 4 aromatic rings. The van der Waals surface area contributed by atoms with Gasteiger partial charge in [0.25, 0.3) is 5.89 Å². The van der Waals surface area contributed by atoms with Crippen molar-refractivity contribution in [2.45, 2.75) is 12.7 Å². The summed E-state index contributed by atoms with van der Waals surface area (Å²) in [7, 11) is 0. The van der Waals surface area contributed by atoms with E-state index in [9.17, 15) is 18.0 Å². The number of halogens is 4. The number of rotatable bonds is 6. The Bertz CT molecular complexity index is 1380. The summed E-state index contributed by atoms with van der Waals surface area (Å²) in [6.45, 7) is 1.41. The van der Waals surface area contributed by atoms with Gasteiger partial charge in [-0.05, 0) is 17.7 Å². The number of alkyl halides is 3. The maximum atomic E-state index is 13.9. The van der Waals surface area contributed by atoms with Crippen molar-refractivity contribution in [2.75, 3.05) is 13.1 Å². The van der Waals surface area contributed by atoms with Gasteiger partial charge in [0.15, 0.2) is 0 Å². The van der Waals surface area contributed by atoms with Crippen molar-refractivity contribution in [3.8, 4) is 34.3 Å². The Morgan fingerprint density at radius 2 is 1.86 bits per heavy atom. The highest BCUT2D eigenvalue weighted by Crippen LogP contribution is 2.43. The van der Waals surface area contributed by atoms with Crippen LogP contribution in [0, 0.1) is 5.92 Å². The van der Waals surface area contributed by atoms with E-state index in [0.717, 1.165) is 5.56 Å².